The maximum Gasteiger partial charge on any atom is 0.224 e. The van der Waals surface area contributed by atoms with Gasteiger partial charge in [-0.25, -0.2) is 9.97 Å². The number of methoxy groups -OCH3 is 1. The molecule has 1 fully saturated rings. The molecule has 2 heterocycles. The first-order valence-electron chi connectivity index (χ1n) is 9.46. The normalized spacial score (nSPS) is 13.9. The van der Waals surface area contributed by atoms with Gasteiger partial charge in [-0.3, -0.25) is 4.79 Å². The third-order valence-corrected chi connectivity index (χ3v) is 4.44. The van der Waals surface area contributed by atoms with E-state index in [2.05, 4.69) is 25.5 Å². The molecule has 2 aromatic rings. The van der Waals surface area contributed by atoms with Gasteiger partial charge >= 0.3 is 0 Å². The predicted octanol–water partition coefficient (Wildman–Crippen LogP) is 1.40. The molecule has 150 valence electrons. The van der Waals surface area contributed by atoms with Gasteiger partial charge in [0.25, 0.3) is 0 Å². The van der Waals surface area contributed by atoms with Gasteiger partial charge in [0.1, 0.15) is 23.2 Å². The molecule has 2 N–H and O–H groups in total. The summed E-state index contributed by atoms with van der Waals surface area (Å²) >= 11 is 0. The Morgan fingerprint density at radius 2 is 1.93 bits per heavy atom. The number of hydrogen-bond acceptors (Lipinski definition) is 7. The molecule has 0 unspecified atom stereocenters. The van der Waals surface area contributed by atoms with Crippen molar-refractivity contribution in [3.05, 3.63) is 41.7 Å². The van der Waals surface area contributed by atoms with Crippen molar-refractivity contribution in [2.24, 2.45) is 0 Å². The quantitative estimate of drug-likeness (QED) is 0.664. The molecule has 0 spiro atoms. The number of nitrogens with zero attached hydrogens (tertiary/aromatic N) is 3. The Kier molecular flexibility index (Phi) is 7.02. The number of rotatable bonds is 8. The molecule has 28 heavy (non-hydrogen) atoms. The van der Waals surface area contributed by atoms with Gasteiger partial charge in [-0.05, 0) is 24.6 Å². The summed E-state index contributed by atoms with van der Waals surface area (Å²) < 4.78 is 10.5. The summed E-state index contributed by atoms with van der Waals surface area (Å²) in [6, 6.07) is 9.44. The summed E-state index contributed by atoms with van der Waals surface area (Å²) in [7, 11) is 1.62. The van der Waals surface area contributed by atoms with Crippen molar-refractivity contribution in [3.63, 3.8) is 0 Å². The summed E-state index contributed by atoms with van der Waals surface area (Å²) in [4.78, 5) is 23.2. The maximum absolute atomic E-state index is 12.1. The highest BCUT2D eigenvalue weighted by atomic mass is 16.5. The summed E-state index contributed by atoms with van der Waals surface area (Å²) in [5.41, 5.74) is 0.952. The standard InChI is InChI=1S/C20H27N5O3/c1-15-23-18(14-19(24-15)25-9-11-28-12-10-25)21-7-8-22-20(26)13-16-3-5-17(27-2)6-4-16/h3-6,14H,7-13H2,1-2H3,(H,22,26)(H,21,23,24). The van der Waals surface area contributed by atoms with Crippen LogP contribution in [0.5, 0.6) is 5.75 Å². The van der Waals surface area contributed by atoms with Crippen LogP contribution in [-0.2, 0) is 16.0 Å². The minimum atomic E-state index is -0.0140. The van der Waals surface area contributed by atoms with Gasteiger partial charge in [0.05, 0.1) is 26.7 Å². The summed E-state index contributed by atoms with van der Waals surface area (Å²) in [6.07, 6.45) is 0.345. The minimum Gasteiger partial charge on any atom is -0.497 e. The van der Waals surface area contributed by atoms with Crippen molar-refractivity contribution in [1.29, 1.82) is 0 Å². The molecule has 1 aromatic heterocycles. The van der Waals surface area contributed by atoms with Crippen molar-refractivity contribution in [3.8, 4) is 5.75 Å². The Bertz CT molecular complexity index is 776. The zero-order valence-electron chi connectivity index (χ0n) is 16.4. The van der Waals surface area contributed by atoms with Crippen molar-refractivity contribution < 1.29 is 14.3 Å². The third-order valence-electron chi connectivity index (χ3n) is 4.44. The van der Waals surface area contributed by atoms with Gasteiger partial charge < -0.3 is 25.0 Å². The Morgan fingerprint density at radius 1 is 1.18 bits per heavy atom. The van der Waals surface area contributed by atoms with Crippen LogP contribution in [0.15, 0.2) is 30.3 Å². The number of anilines is 2. The highest BCUT2D eigenvalue weighted by Gasteiger charge is 2.14. The smallest absolute Gasteiger partial charge is 0.224 e. The number of aryl methyl sites for hydroxylation is 1. The number of carbonyl (C=O) groups is 1. The fourth-order valence-electron chi connectivity index (χ4n) is 2.98. The molecule has 8 heteroatoms. The first-order valence-corrected chi connectivity index (χ1v) is 9.46. The second-order valence-electron chi connectivity index (χ2n) is 6.56. The molecule has 0 saturated carbocycles. The van der Waals surface area contributed by atoms with Crippen molar-refractivity contribution in [1.82, 2.24) is 15.3 Å². The zero-order chi connectivity index (χ0) is 19.8. The molecule has 0 atom stereocenters. The molecule has 8 nitrogen and oxygen atoms in total. The second kappa shape index (κ2) is 9.89. The number of amides is 1. The first-order chi connectivity index (χ1) is 13.6. The van der Waals surface area contributed by atoms with Crippen LogP contribution in [0, 0.1) is 6.92 Å². The van der Waals surface area contributed by atoms with E-state index in [-0.39, 0.29) is 5.91 Å². The summed E-state index contributed by atoms with van der Waals surface area (Å²) in [5, 5.41) is 6.18. The lowest BCUT2D eigenvalue weighted by Crippen LogP contribution is -2.37. The Hall–Kier alpha value is -2.87. The number of nitrogens with one attached hydrogen (secondary N) is 2. The van der Waals surface area contributed by atoms with Crippen LogP contribution in [0.2, 0.25) is 0 Å². The molecular weight excluding hydrogens is 358 g/mol. The van der Waals surface area contributed by atoms with Gasteiger partial charge in [-0.15, -0.1) is 0 Å². The van der Waals surface area contributed by atoms with E-state index in [1.54, 1.807) is 7.11 Å². The Labute approximate surface area is 165 Å². The fourth-order valence-corrected chi connectivity index (χ4v) is 2.98. The van der Waals surface area contributed by atoms with Crippen LogP contribution in [0.1, 0.15) is 11.4 Å². The van der Waals surface area contributed by atoms with E-state index in [0.29, 0.717) is 32.7 Å². The van der Waals surface area contributed by atoms with Crippen LogP contribution in [0.3, 0.4) is 0 Å². The summed E-state index contributed by atoms with van der Waals surface area (Å²) in [5.74, 6) is 3.15. The van der Waals surface area contributed by atoms with E-state index in [9.17, 15) is 4.79 Å². The number of benzene rings is 1. The highest BCUT2D eigenvalue weighted by Crippen LogP contribution is 2.17. The van der Waals surface area contributed by atoms with Gasteiger partial charge in [0, 0.05) is 32.2 Å². The van der Waals surface area contributed by atoms with Gasteiger partial charge in [-0.2, -0.15) is 0 Å². The van der Waals surface area contributed by atoms with Crippen LogP contribution in [0.25, 0.3) is 0 Å². The number of carbonyl (C=O) groups excluding carboxylic acids is 1. The lowest BCUT2D eigenvalue weighted by molar-refractivity contribution is -0.120. The number of hydrogen-bond donors (Lipinski definition) is 2. The van der Waals surface area contributed by atoms with E-state index in [4.69, 9.17) is 9.47 Å². The van der Waals surface area contributed by atoms with E-state index in [0.717, 1.165) is 41.9 Å². The third kappa shape index (κ3) is 5.82. The monoisotopic (exact) mass is 385 g/mol. The molecule has 3 rings (SSSR count). The van der Waals surface area contributed by atoms with E-state index in [1.165, 1.54) is 0 Å². The number of ether oxygens (including phenoxy) is 2. The predicted molar refractivity (Wildman–Crippen MR) is 108 cm³/mol. The first kappa shape index (κ1) is 19.9. The molecule has 1 amide bonds. The largest absolute Gasteiger partial charge is 0.497 e. The highest BCUT2D eigenvalue weighted by molar-refractivity contribution is 5.78. The maximum atomic E-state index is 12.1. The lowest BCUT2D eigenvalue weighted by atomic mass is 10.1. The van der Waals surface area contributed by atoms with Crippen molar-refractivity contribution >= 4 is 17.5 Å². The number of morpholine rings is 1. The topological polar surface area (TPSA) is 88.6 Å². The zero-order valence-corrected chi connectivity index (χ0v) is 16.4. The molecule has 1 aliphatic heterocycles. The van der Waals surface area contributed by atoms with Crippen LogP contribution >= 0.6 is 0 Å². The van der Waals surface area contributed by atoms with E-state index >= 15 is 0 Å². The molecule has 0 aliphatic carbocycles. The molecule has 0 bridgehead atoms. The lowest BCUT2D eigenvalue weighted by Gasteiger charge is -2.28. The minimum absolute atomic E-state index is 0.0140. The van der Waals surface area contributed by atoms with Gasteiger partial charge in [0.15, 0.2) is 0 Å². The average Bonchev–Trinajstić information content (AvgIpc) is 2.72. The second-order valence-corrected chi connectivity index (χ2v) is 6.56. The van der Waals surface area contributed by atoms with Crippen LogP contribution < -0.4 is 20.3 Å². The SMILES string of the molecule is COc1ccc(CC(=O)NCCNc2cc(N3CCOCC3)nc(C)n2)cc1. The number of aromatic nitrogens is 2. The molecule has 1 aliphatic rings. The Morgan fingerprint density at radius 3 is 2.64 bits per heavy atom. The van der Waals surface area contributed by atoms with Gasteiger partial charge in [-0.1, -0.05) is 12.1 Å². The Balaban J connectivity index is 1.44. The van der Waals surface area contributed by atoms with Crippen molar-refractivity contribution in [2.45, 2.75) is 13.3 Å². The van der Waals surface area contributed by atoms with E-state index in [1.807, 2.05) is 37.3 Å². The van der Waals surface area contributed by atoms with Crippen LogP contribution in [-0.4, -0.2) is 62.4 Å². The van der Waals surface area contributed by atoms with Crippen molar-refractivity contribution in [2.75, 3.05) is 56.7 Å². The summed E-state index contributed by atoms with van der Waals surface area (Å²) in [6.45, 7) is 6.08. The molecule has 1 saturated heterocycles. The van der Waals surface area contributed by atoms with E-state index < -0.39 is 0 Å². The fraction of sp³-hybridized carbons (Fsp3) is 0.450. The average molecular weight is 385 g/mol. The molecular formula is C20H27N5O3. The molecule has 0 radical (unpaired) electrons. The molecule has 1 aromatic carbocycles. The van der Waals surface area contributed by atoms with Crippen LogP contribution in [0.4, 0.5) is 11.6 Å². The van der Waals surface area contributed by atoms with Gasteiger partial charge in [0.2, 0.25) is 5.91 Å².